The van der Waals surface area contributed by atoms with Crippen molar-refractivity contribution in [3.63, 3.8) is 0 Å². The summed E-state index contributed by atoms with van der Waals surface area (Å²) in [5, 5.41) is 11.5. The fourth-order valence-electron chi connectivity index (χ4n) is 1.93. The number of nitrogens with zero attached hydrogens (tertiary/aromatic N) is 2. The molecule has 2 rings (SSSR count). The molecule has 3 N–H and O–H groups in total. The van der Waals surface area contributed by atoms with Crippen molar-refractivity contribution in [3.05, 3.63) is 69.4 Å². The first-order chi connectivity index (χ1) is 9.52. The number of aryl methyl sites for hydroxylation is 1. The first kappa shape index (κ1) is 13.8. The molecule has 0 atom stereocenters. The molecule has 0 saturated carbocycles. The van der Waals surface area contributed by atoms with Gasteiger partial charge in [0.05, 0.1) is 12.1 Å². The number of oxime groups is 1. The van der Waals surface area contributed by atoms with Crippen molar-refractivity contribution in [3.8, 4) is 0 Å². The van der Waals surface area contributed by atoms with Crippen LogP contribution in [0.1, 0.15) is 16.7 Å². The molecule has 1 heterocycles. The van der Waals surface area contributed by atoms with Crippen LogP contribution >= 0.6 is 0 Å². The fourth-order valence-corrected chi connectivity index (χ4v) is 1.93. The van der Waals surface area contributed by atoms with E-state index in [4.69, 9.17) is 10.9 Å². The van der Waals surface area contributed by atoms with Gasteiger partial charge in [-0.25, -0.2) is 4.39 Å². The van der Waals surface area contributed by atoms with Crippen LogP contribution in [0.25, 0.3) is 0 Å². The number of halogens is 1. The SMILES string of the molecule is Cc1cc(F)ccc1Cn1cccc(/C(N)=N/O)c1=O. The highest BCUT2D eigenvalue weighted by atomic mass is 19.1. The Balaban J connectivity index is 2.42. The topological polar surface area (TPSA) is 80.6 Å². The molecular weight excluding hydrogens is 261 g/mol. The zero-order valence-corrected chi connectivity index (χ0v) is 10.9. The Hall–Kier alpha value is -2.63. The Labute approximate surface area is 114 Å². The second kappa shape index (κ2) is 5.56. The number of rotatable bonds is 3. The predicted octanol–water partition coefficient (Wildman–Crippen LogP) is 1.44. The first-order valence-electron chi connectivity index (χ1n) is 5.95. The molecular formula is C14H14FN3O2. The normalized spacial score (nSPS) is 11.6. The van der Waals surface area contributed by atoms with Crippen molar-refractivity contribution in [2.75, 3.05) is 0 Å². The highest BCUT2D eigenvalue weighted by Crippen LogP contribution is 2.11. The van der Waals surface area contributed by atoms with Gasteiger partial charge in [-0.05, 0) is 42.3 Å². The van der Waals surface area contributed by atoms with E-state index in [0.29, 0.717) is 0 Å². The molecule has 0 spiro atoms. The maximum absolute atomic E-state index is 13.1. The van der Waals surface area contributed by atoms with Crippen molar-refractivity contribution in [2.24, 2.45) is 10.9 Å². The summed E-state index contributed by atoms with van der Waals surface area (Å²) >= 11 is 0. The van der Waals surface area contributed by atoms with Crippen molar-refractivity contribution >= 4 is 5.84 Å². The van der Waals surface area contributed by atoms with Gasteiger partial charge in [0, 0.05) is 6.20 Å². The van der Waals surface area contributed by atoms with Crippen LogP contribution in [0.3, 0.4) is 0 Å². The lowest BCUT2D eigenvalue weighted by atomic mass is 10.1. The van der Waals surface area contributed by atoms with E-state index < -0.39 is 0 Å². The molecule has 104 valence electrons. The average Bonchev–Trinajstić information content (AvgIpc) is 2.43. The number of nitrogens with two attached hydrogens (primary N) is 1. The maximum atomic E-state index is 13.1. The molecule has 0 aliphatic carbocycles. The minimum atomic E-state index is -0.369. The van der Waals surface area contributed by atoms with Gasteiger partial charge in [0.1, 0.15) is 5.82 Å². The second-order valence-corrected chi connectivity index (χ2v) is 4.41. The van der Waals surface area contributed by atoms with Crippen LogP contribution in [0.4, 0.5) is 4.39 Å². The van der Waals surface area contributed by atoms with E-state index in [1.54, 1.807) is 25.3 Å². The molecule has 0 aliphatic heterocycles. The molecule has 1 aromatic heterocycles. The molecule has 6 heteroatoms. The van der Waals surface area contributed by atoms with Crippen LogP contribution in [0.5, 0.6) is 0 Å². The summed E-state index contributed by atoms with van der Waals surface area (Å²) in [7, 11) is 0. The summed E-state index contributed by atoms with van der Waals surface area (Å²) in [5.41, 5.74) is 6.78. The third-order valence-corrected chi connectivity index (χ3v) is 3.05. The van der Waals surface area contributed by atoms with E-state index in [1.165, 1.54) is 22.8 Å². The smallest absolute Gasteiger partial charge is 0.261 e. The molecule has 0 aliphatic rings. The highest BCUT2D eigenvalue weighted by molar-refractivity contribution is 5.96. The summed E-state index contributed by atoms with van der Waals surface area (Å²) < 4.78 is 14.5. The summed E-state index contributed by atoms with van der Waals surface area (Å²) in [6.07, 6.45) is 1.60. The predicted molar refractivity (Wildman–Crippen MR) is 73.5 cm³/mol. The molecule has 0 bridgehead atoms. The van der Waals surface area contributed by atoms with E-state index in [0.717, 1.165) is 11.1 Å². The second-order valence-electron chi connectivity index (χ2n) is 4.41. The van der Waals surface area contributed by atoms with Crippen molar-refractivity contribution in [2.45, 2.75) is 13.5 Å². The lowest BCUT2D eigenvalue weighted by molar-refractivity contribution is 0.318. The van der Waals surface area contributed by atoms with Gasteiger partial charge in [0.25, 0.3) is 5.56 Å². The van der Waals surface area contributed by atoms with Gasteiger partial charge < -0.3 is 15.5 Å². The van der Waals surface area contributed by atoms with E-state index in [9.17, 15) is 9.18 Å². The first-order valence-corrected chi connectivity index (χ1v) is 5.95. The quantitative estimate of drug-likeness (QED) is 0.385. The lowest BCUT2D eigenvalue weighted by Crippen LogP contribution is -2.30. The Morgan fingerprint density at radius 1 is 1.45 bits per heavy atom. The van der Waals surface area contributed by atoms with Crippen LogP contribution in [0, 0.1) is 12.7 Å². The number of aromatic nitrogens is 1. The largest absolute Gasteiger partial charge is 0.409 e. The summed E-state index contributed by atoms with van der Waals surface area (Å²) in [6.45, 7) is 2.06. The van der Waals surface area contributed by atoms with Crippen molar-refractivity contribution in [1.29, 1.82) is 0 Å². The number of amidine groups is 1. The van der Waals surface area contributed by atoms with E-state index in [2.05, 4.69) is 5.16 Å². The maximum Gasteiger partial charge on any atom is 0.261 e. The number of hydrogen-bond donors (Lipinski definition) is 2. The Kier molecular flexibility index (Phi) is 3.84. The Morgan fingerprint density at radius 2 is 2.20 bits per heavy atom. The van der Waals surface area contributed by atoms with Crippen LogP contribution in [0.15, 0.2) is 46.5 Å². The third-order valence-electron chi connectivity index (χ3n) is 3.05. The molecule has 0 amide bonds. The average molecular weight is 275 g/mol. The summed E-state index contributed by atoms with van der Waals surface area (Å²) in [5.74, 6) is -0.552. The summed E-state index contributed by atoms with van der Waals surface area (Å²) in [4.78, 5) is 12.2. The van der Waals surface area contributed by atoms with Gasteiger partial charge in [-0.15, -0.1) is 0 Å². The van der Waals surface area contributed by atoms with Crippen LogP contribution in [-0.4, -0.2) is 15.6 Å². The standard InChI is InChI=1S/C14H14FN3O2/c1-9-7-11(15)5-4-10(9)8-18-6-2-3-12(14(18)19)13(16)17-20/h2-7,20H,8H2,1H3,(H2,16,17). The molecule has 0 saturated heterocycles. The molecule has 0 radical (unpaired) electrons. The molecule has 0 unspecified atom stereocenters. The minimum Gasteiger partial charge on any atom is -0.409 e. The number of pyridine rings is 1. The van der Waals surface area contributed by atoms with Crippen molar-refractivity contribution < 1.29 is 9.60 Å². The number of benzene rings is 1. The van der Waals surface area contributed by atoms with Crippen LogP contribution < -0.4 is 11.3 Å². The molecule has 2 aromatic rings. The van der Waals surface area contributed by atoms with Gasteiger partial charge in [-0.1, -0.05) is 11.2 Å². The zero-order valence-electron chi connectivity index (χ0n) is 10.9. The van der Waals surface area contributed by atoms with Gasteiger partial charge in [0.2, 0.25) is 0 Å². The minimum absolute atomic E-state index is 0.120. The zero-order chi connectivity index (χ0) is 14.7. The highest BCUT2D eigenvalue weighted by Gasteiger charge is 2.09. The monoisotopic (exact) mass is 275 g/mol. The molecule has 5 nitrogen and oxygen atoms in total. The third kappa shape index (κ3) is 2.69. The Morgan fingerprint density at radius 3 is 2.85 bits per heavy atom. The number of hydrogen-bond acceptors (Lipinski definition) is 3. The van der Waals surface area contributed by atoms with E-state index >= 15 is 0 Å². The van der Waals surface area contributed by atoms with E-state index in [1.807, 2.05) is 0 Å². The fraction of sp³-hybridized carbons (Fsp3) is 0.143. The molecule has 1 aromatic carbocycles. The van der Waals surface area contributed by atoms with Gasteiger partial charge >= 0.3 is 0 Å². The molecule has 20 heavy (non-hydrogen) atoms. The lowest BCUT2D eigenvalue weighted by Gasteiger charge is -2.10. The van der Waals surface area contributed by atoms with Gasteiger partial charge in [-0.2, -0.15) is 0 Å². The van der Waals surface area contributed by atoms with Gasteiger partial charge in [-0.3, -0.25) is 4.79 Å². The van der Waals surface area contributed by atoms with Gasteiger partial charge in [0.15, 0.2) is 5.84 Å². The van der Waals surface area contributed by atoms with Crippen LogP contribution in [-0.2, 0) is 6.54 Å². The summed E-state index contributed by atoms with van der Waals surface area (Å²) in [6, 6.07) is 7.50. The Bertz CT molecular complexity index is 723. The van der Waals surface area contributed by atoms with Crippen LogP contribution in [0.2, 0.25) is 0 Å². The van der Waals surface area contributed by atoms with E-state index in [-0.39, 0.29) is 29.3 Å². The van der Waals surface area contributed by atoms with Crippen molar-refractivity contribution in [1.82, 2.24) is 4.57 Å². The molecule has 0 fully saturated rings.